The van der Waals surface area contributed by atoms with E-state index in [0.717, 1.165) is 82.0 Å². The lowest BCUT2D eigenvalue weighted by Crippen LogP contribution is -2.57. The number of halogens is 1. The number of amides is 4. The van der Waals surface area contributed by atoms with Gasteiger partial charge in [0, 0.05) is 61.8 Å². The summed E-state index contributed by atoms with van der Waals surface area (Å²) in [6.45, 7) is 13.4. The maximum atomic E-state index is 14.3. The van der Waals surface area contributed by atoms with Crippen LogP contribution in [0.1, 0.15) is 84.9 Å². The van der Waals surface area contributed by atoms with E-state index in [4.69, 9.17) is 18.9 Å². The molecule has 21 heteroatoms. The Morgan fingerprint density at radius 3 is 2.30 bits per heavy atom. The Kier molecular flexibility index (Phi) is 20.9. The van der Waals surface area contributed by atoms with E-state index >= 15 is 0 Å². The van der Waals surface area contributed by atoms with Crippen LogP contribution in [0.2, 0.25) is 0 Å². The molecule has 5 heterocycles. The van der Waals surface area contributed by atoms with Crippen molar-refractivity contribution in [2.45, 2.75) is 104 Å². The van der Waals surface area contributed by atoms with Crippen LogP contribution in [0.25, 0.3) is 32.6 Å². The summed E-state index contributed by atoms with van der Waals surface area (Å²) < 4.78 is 38.7. The molecule has 3 aromatic carbocycles. The Hall–Kier alpha value is -6.46. The SMILES string of the molecule is Cc1ncsc1-c1ccc(CNC(=O)C2CC(O)CN2C(=O)C(NC(=O)CCOCCOCCOCCOCCn2cc(CCCCN(C)Cc3ccc(-c4[nH]c5cc(F)cc6c5c4CCNC6=O)cc3)nn2)C(C)(C)C)cc1. The Morgan fingerprint density at radius 1 is 0.924 bits per heavy atom. The third-order valence-electron chi connectivity index (χ3n) is 14.1. The van der Waals surface area contributed by atoms with Gasteiger partial charge in [-0.25, -0.2) is 14.1 Å². The number of nitrogens with one attached hydrogen (secondary N) is 4. The van der Waals surface area contributed by atoms with E-state index in [-0.39, 0.29) is 56.9 Å². The van der Waals surface area contributed by atoms with Crippen LogP contribution in [-0.2, 0) is 65.8 Å². The molecule has 19 nitrogen and oxygen atoms in total. The van der Waals surface area contributed by atoms with Crippen LogP contribution in [-0.4, -0.2) is 161 Å². The molecule has 1 fully saturated rings. The summed E-state index contributed by atoms with van der Waals surface area (Å²) in [7, 11) is 2.12. The van der Waals surface area contributed by atoms with Gasteiger partial charge in [0.2, 0.25) is 17.7 Å². The molecule has 0 aliphatic carbocycles. The highest BCUT2D eigenvalue weighted by Gasteiger charge is 2.44. The zero-order valence-corrected chi connectivity index (χ0v) is 46.8. The van der Waals surface area contributed by atoms with Crippen molar-refractivity contribution in [3.63, 3.8) is 0 Å². The van der Waals surface area contributed by atoms with Crippen LogP contribution >= 0.6 is 11.3 Å². The van der Waals surface area contributed by atoms with Gasteiger partial charge in [-0.1, -0.05) is 74.5 Å². The number of nitrogens with zero attached hydrogens (tertiary/aromatic N) is 6. The van der Waals surface area contributed by atoms with Gasteiger partial charge < -0.3 is 54.8 Å². The van der Waals surface area contributed by atoms with Gasteiger partial charge >= 0.3 is 0 Å². The molecule has 4 amide bonds. The van der Waals surface area contributed by atoms with Crippen molar-refractivity contribution in [1.82, 2.24) is 50.7 Å². The number of benzene rings is 3. The number of likely N-dealkylation sites (tertiary alicyclic amines) is 1. The highest BCUT2D eigenvalue weighted by molar-refractivity contribution is 7.13. The number of hydrogen-bond donors (Lipinski definition) is 5. The molecule has 3 atom stereocenters. The second kappa shape index (κ2) is 28.1. The number of β-amino-alcohol motifs (C(OH)–C–C–N with tert-alkyl or cyclic N) is 1. The zero-order chi connectivity index (χ0) is 55.9. The van der Waals surface area contributed by atoms with Crippen LogP contribution in [0.3, 0.4) is 0 Å². The maximum Gasteiger partial charge on any atom is 0.252 e. The molecule has 6 aromatic rings. The van der Waals surface area contributed by atoms with E-state index < -0.39 is 35.3 Å². The van der Waals surface area contributed by atoms with Crippen LogP contribution in [0.4, 0.5) is 4.39 Å². The number of carbonyl (C=O) groups is 4. The number of thiazole rings is 1. The Morgan fingerprint density at radius 2 is 1.61 bits per heavy atom. The van der Waals surface area contributed by atoms with Crippen LogP contribution in [0.15, 0.2) is 72.4 Å². The fourth-order valence-electron chi connectivity index (χ4n) is 9.95. The lowest BCUT2D eigenvalue weighted by Gasteiger charge is -2.35. The summed E-state index contributed by atoms with van der Waals surface area (Å²) in [4.78, 5) is 65.5. The summed E-state index contributed by atoms with van der Waals surface area (Å²) in [5.41, 5.74) is 10.2. The minimum atomic E-state index is -0.929. The minimum absolute atomic E-state index is 0.00495. The topological polar surface area (TPSA) is 227 Å². The van der Waals surface area contributed by atoms with Gasteiger partial charge in [0.15, 0.2) is 0 Å². The Bertz CT molecular complexity index is 2980. The fraction of sp³-hybridized carbons (Fsp3) is 0.500. The molecule has 0 radical (unpaired) electrons. The normalized spacial score (nSPS) is 15.9. The first-order valence-corrected chi connectivity index (χ1v) is 28.1. The van der Waals surface area contributed by atoms with Gasteiger partial charge in [0.05, 0.1) is 92.8 Å². The predicted molar refractivity (Wildman–Crippen MR) is 299 cm³/mol. The number of aromatic nitrogens is 5. The summed E-state index contributed by atoms with van der Waals surface area (Å²) in [5, 5.41) is 28.6. The van der Waals surface area contributed by atoms with Crippen molar-refractivity contribution >= 4 is 45.9 Å². The van der Waals surface area contributed by atoms with Gasteiger partial charge in [-0.2, -0.15) is 0 Å². The molecule has 1 saturated heterocycles. The average molecular weight is 1110 g/mol. The Balaban J connectivity index is 0.623. The van der Waals surface area contributed by atoms with Crippen molar-refractivity contribution in [3.05, 3.63) is 112 Å². The largest absolute Gasteiger partial charge is 0.391 e. The van der Waals surface area contributed by atoms with Gasteiger partial charge in [-0.05, 0) is 91.6 Å². The molecule has 0 spiro atoms. The van der Waals surface area contributed by atoms with Crippen molar-refractivity contribution in [2.75, 3.05) is 79.5 Å². The number of aromatic amines is 1. The third-order valence-corrected chi connectivity index (χ3v) is 15.1. The number of aryl methyl sites for hydroxylation is 2. The standard InChI is InChI=1S/C58H75FN10O9S/c1-38-53(79-37-62-38)42-15-9-39(10-16-42)33-61-56(73)49-32-45(70)36-69(49)57(74)54(58(2,3)4)64-50(71)18-22-75-24-26-77-28-29-78-27-25-76-23-21-68-35-44(65-66-68)8-6-7-20-67(5)34-40-11-13-41(14-12-40)52-46-17-19-60-55(72)47-30-43(59)31-48(63-52)51(46)47/h9-16,30-31,35,37,45,49,54,63,70H,6-8,17-29,32-34,36H2,1-5H3,(H,60,72)(H,61,73)(H,64,71). The van der Waals surface area contributed by atoms with Crippen LogP contribution < -0.4 is 16.0 Å². The molecule has 3 unspecified atom stereocenters. The molecule has 0 bridgehead atoms. The van der Waals surface area contributed by atoms with Gasteiger partial charge in [0.1, 0.15) is 17.9 Å². The highest BCUT2D eigenvalue weighted by Crippen LogP contribution is 2.35. The molecule has 2 aliphatic heterocycles. The van der Waals surface area contributed by atoms with E-state index in [9.17, 15) is 28.7 Å². The average Bonchev–Trinajstić information content (AvgIpc) is 4.39. The molecule has 0 saturated carbocycles. The third kappa shape index (κ3) is 16.3. The molecular weight excluding hydrogens is 1030 g/mol. The molecule has 3 aromatic heterocycles. The van der Waals surface area contributed by atoms with Crippen molar-refractivity contribution < 1.29 is 47.6 Å². The first-order chi connectivity index (χ1) is 38.1. The number of aliphatic hydroxyl groups excluding tert-OH is 1. The monoisotopic (exact) mass is 1110 g/mol. The quantitative estimate of drug-likeness (QED) is 0.0340. The number of H-pyrrole nitrogens is 1. The summed E-state index contributed by atoms with van der Waals surface area (Å²) in [6, 6.07) is 17.3. The number of carbonyl (C=O) groups excluding carboxylic acids is 4. The number of unbranched alkanes of at least 4 members (excludes halogenated alkanes) is 1. The lowest BCUT2D eigenvalue weighted by atomic mass is 9.85. The molecular formula is C58H75FN10O9S. The second-order valence-corrected chi connectivity index (χ2v) is 22.2. The van der Waals surface area contributed by atoms with E-state index in [1.165, 1.54) is 22.6 Å². The summed E-state index contributed by atoms with van der Waals surface area (Å²) in [5.74, 6) is -1.82. The summed E-state index contributed by atoms with van der Waals surface area (Å²) >= 11 is 1.57. The fourth-order valence-corrected chi connectivity index (χ4v) is 10.8. The number of aliphatic hydroxyl groups is 1. The van der Waals surface area contributed by atoms with E-state index in [1.54, 1.807) is 16.0 Å². The Labute approximate surface area is 464 Å². The summed E-state index contributed by atoms with van der Waals surface area (Å²) in [6.07, 6.45) is 4.76. The van der Waals surface area contributed by atoms with Gasteiger partial charge in [-0.15, -0.1) is 16.4 Å². The molecule has 424 valence electrons. The maximum absolute atomic E-state index is 14.3. The first kappa shape index (κ1) is 58.7. The number of rotatable bonds is 29. The van der Waals surface area contributed by atoms with Crippen LogP contribution in [0, 0.1) is 18.2 Å². The second-order valence-electron chi connectivity index (χ2n) is 21.4. The highest BCUT2D eigenvalue weighted by atomic mass is 32.1. The predicted octanol–water partition coefficient (Wildman–Crippen LogP) is 6.00. The van der Waals surface area contributed by atoms with Crippen molar-refractivity contribution in [2.24, 2.45) is 5.41 Å². The molecule has 8 rings (SSSR count). The van der Waals surface area contributed by atoms with E-state index in [0.29, 0.717) is 70.2 Å². The number of ether oxygens (including phenoxy) is 4. The van der Waals surface area contributed by atoms with Crippen molar-refractivity contribution in [3.8, 4) is 21.7 Å². The first-order valence-electron chi connectivity index (χ1n) is 27.3. The molecule has 79 heavy (non-hydrogen) atoms. The number of hydrogen-bond acceptors (Lipinski definition) is 14. The van der Waals surface area contributed by atoms with Crippen molar-refractivity contribution in [1.29, 1.82) is 0 Å². The molecule has 5 N–H and O–H groups in total. The smallest absolute Gasteiger partial charge is 0.252 e. The lowest BCUT2D eigenvalue weighted by molar-refractivity contribution is -0.144. The van der Waals surface area contributed by atoms with Gasteiger partial charge in [0.25, 0.3) is 5.91 Å². The van der Waals surface area contributed by atoms with Crippen LogP contribution in [0.5, 0.6) is 0 Å². The molecule has 2 aliphatic rings. The zero-order valence-electron chi connectivity index (χ0n) is 46.0. The van der Waals surface area contributed by atoms with Gasteiger partial charge in [-0.3, -0.25) is 19.2 Å². The van der Waals surface area contributed by atoms with E-state index in [2.05, 4.69) is 72.4 Å². The van der Waals surface area contributed by atoms with E-state index in [1.807, 2.05) is 63.7 Å². The minimum Gasteiger partial charge on any atom is -0.391 e.